The summed E-state index contributed by atoms with van der Waals surface area (Å²) >= 11 is 0. The van der Waals surface area contributed by atoms with Gasteiger partial charge in [-0.25, -0.2) is 0 Å². The molecule has 2 N–H and O–H groups in total. The van der Waals surface area contributed by atoms with Crippen molar-refractivity contribution in [3.8, 4) is 0 Å². The molecule has 0 spiro atoms. The molecule has 17 heavy (non-hydrogen) atoms. The summed E-state index contributed by atoms with van der Waals surface area (Å²) in [5.74, 6) is 0.936. The average Bonchev–Trinajstić information content (AvgIpc) is 3.04. The third kappa shape index (κ3) is 4.82. The van der Waals surface area contributed by atoms with Crippen LogP contribution in [0.3, 0.4) is 0 Å². The number of amides is 1. The van der Waals surface area contributed by atoms with E-state index in [-0.39, 0.29) is 18.3 Å². The van der Waals surface area contributed by atoms with E-state index in [2.05, 4.69) is 4.90 Å². The Hall–Kier alpha value is -0.320. The molecule has 1 amide bonds. The molecule has 0 saturated heterocycles. The standard InChI is InChI=1S/C12H25N3O.ClH/c1-4-15(5-2)12(16)9-14(3)11(8-13)10-6-7-10;/h10-11H,4-9,13H2,1-3H3;1H. The molecule has 1 aliphatic rings. The van der Waals surface area contributed by atoms with Gasteiger partial charge in [-0.05, 0) is 39.7 Å². The number of hydrogen-bond acceptors (Lipinski definition) is 3. The number of carbonyl (C=O) groups excluding carboxylic acids is 1. The minimum Gasteiger partial charge on any atom is -0.342 e. The number of rotatable bonds is 7. The van der Waals surface area contributed by atoms with Crippen molar-refractivity contribution in [1.29, 1.82) is 0 Å². The van der Waals surface area contributed by atoms with Gasteiger partial charge < -0.3 is 10.6 Å². The Morgan fingerprint density at radius 3 is 2.24 bits per heavy atom. The molecule has 5 heteroatoms. The van der Waals surface area contributed by atoms with E-state index in [9.17, 15) is 4.79 Å². The first-order chi connectivity index (χ1) is 7.63. The van der Waals surface area contributed by atoms with E-state index in [0.29, 0.717) is 19.1 Å². The lowest BCUT2D eigenvalue weighted by Crippen LogP contribution is -2.46. The molecule has 0 aliphatic heterocycles. The second kappa shape index (κ2) is 7.90. The maximum absolute atomic E-state index is 11.9. The van der Waals surface area contributed by atoms with Crippen molar-refractivity contribution in [1.82, 2.24) is 9.80 Å². The molecule has 1 fully saturated rings. The van der Waals surface area contributed by atoms with E-state index in [1.54, 1.807) is 0 Å². The van der Waals surface area contributed by atoms with Gasteiger partial charge in [-0.15, -0.1) is 12.4 Å². The summed E-state index contributed by atoms with van der Waals surface area (Å²) in [6, 6.07) is 0.388. The highest BCUT2D eigenvalue weighted by molar-refractivity contribution is 5.85. The normalized spacial score (nSPS) is 16.5. The zero-order chi connectivity index (χ0) is 12.1. The number of likely N-dealkylation sites (N-methyl/N-ethyl adjacent to an activating group) is 2. The molecule has 1 unspecified atom stereocenters. The van der Waals surface area contributed by atoms with Gasteiger partial charge in [0, 0.05) is 25.7 Å². The smallest absolute Gasteiger partial charge is 0.236 e. The number of nitrogens with two attached hydrogens (primary N) is 1. The Morgan fingerprint density at radius 1 is 1.35 bits per heavy atom. The summed E-state index contributed by atoms with van der Waals surface area (Å²) in [5.41, 5.74) is 5.76. The fourth-order valence-electron chi connectivity index (χ4n) is 2.22. The van der Waals surface area contributed by atoms with Gasteiger partial charge in [0.05, 0.1) is 6.54 Å². The molecule has 1 rings (SSSR count). The molecular formula is C12H26ClN3O. The van der Waals surface area contributed by atoms with Crippen LogP contribution >= 0.6 is 12.4 Å². The summed E-state index contributed by atoms with van der Waals surface area (Å²) < 4.78 is 0. The van der Waals surface area contributed by atoms with Crippen LogP contribution in [0.2, 0.25) is 0 Å². The Morgan fingerprint density at radius 2 is 1.88 bits per heavy atom. The van der Waals surface area contributed by atoms with Crippen molar-refractivity contribution in [3.63, 3.8) is 0 Å². The van der Waals surface area contributed by atoms with Crippen LogP contribution in [0.4, 0.5) is 0 Å². The molecule has 0 radical (unpaired) electrons. The van der Waals surface area contributed by atoms with Gasteiger partial charge >= 0.3 is 0 Å². The zero-order valence-corrected chi connectivity index (χ0v) is 12.0. The predicted molar refractivity (Wildman–Crippen MR) is 73.4 cm³/mol. The van der Waals surface area contributed by atoms with Crippen molar-refractivity contribution in [2.75, 3.05) is 33.2 Å². The lowest BCUT2D eigenvalue weighted by Gasteiger charge is -2.29. The van der Waals surface area contributed by atoms with Crippen LogP contribution in [0, 0.1) is 5.92 Å². The zero-order valence-electron chi connectivity index (χ0n) is 11.2. The highest BCUT2D eigenvalue weighted by atomic mass is 35.5. The predicted octanol–water partition coefficient (Wildman–Crippen LogP) is 0.946. The van der Waals surface area contributed by atoms with Gasteiger partial charge in [0.25, 0.3) is 0 Å². The topological polar surface area (TPSA) is 49.6 Å². The molecule has 0 aromatic rings. The van der Waals surface area contributed by atoms with E-state index in [1.165, 1.54) is 12.8 Å². The van der Waals surface area contributed by atoms with E-state index in [1.807, 2.05) is 25.8 Å². The molecule has 0 aromatic carbocycles. The van der Waals surface area contributed by atoms with Crippen LogP contribution in [-0.4, -0.2) is 55.0 Å². The van der Waals surface area contributed by atoms with E-state index >= 15 is 0 Å². The van der Waals surface area contributed by atoms with Gasteiger partial charge in [0.15, 0.2) is 0 Å². The number of halogens is 1. The van der Waals surface area contributed by atoms with E-state index in [0.717, 1.165) is 19.0 Å². The molecule has 1 aliphatic carbocycles. The van der Waals surface area contributed by atoms with Crippen LogP contribution < -0.4 is 5.73 Å². The molecule has 0 heterocycles. The highest BCUT2D eigenvalue weighted by Gasteiger charge is 2.33. The molecule has 1 atom stereocenters. The minimum atomic E-state index is 0. The second-order valence-electron chi connectivity index (χ2n) is 4.62. The van der Waals surface area contributed by atoms with Crippen molar-refractivity contribution in [2.45, 2.75) is 32.7 Å². The summed E-state index contributed by atoms with van der Waals surface area (Å²) in [5, 5.41) is 0. The lowest BCUT2D eigenvalue weighted by molar-refractivity contribution is -0.132. The lowest BCUT2D eigenvalue weighted by atomic mass is 10.1. The maximum atomic E-state index is 11.9. The SMILES string of the molecule is CCN(CC)C(=O)CN(C)C(CN)C1CC1.Cl. The summed E-state index contributed by atoms with van der Waals surface area (Å²) in [4.78, 5) is 15.9. The Kier molecular flexibility index (Phi) is 7.75. The van der Waals surface area contributed by atoms with Crippen LogP contribution in [0.1, 0.15) is 26.7 Å². The van der Waals surface area contributed by atoms with Crippen LogP contribution in [-0.2, 0) is 4.79 Å². The third-order valence-electron chi connectivity index (χ3n) is 3.47. The Balaban J connectivity index is 0.00000256. The van der Waals surface area contributed by atoms with Crippen molar-refractivity contribution >= 4 is 18.3 Å². The van der Waals surface area contributed by atoms with Crippen LogP contribution in [0.5, 0.6) is 0 Å². The number of hydrogen-bond donors (Lipinski definition) is 1. The molecule has 1 saturated carbocycles. The first-order valence-corrected chi connectivity index (χ1v) is 6.32. The second-order valence-corrected chi connectivity index (χ2v) is 4.62. The van der Waals surface area contributed by atoms with Gasteiger partial charge in [0.2, 0.25) is 5.91 Å². The molecule has 102 valence electrons. The molecular weight excluding hydrogens is 238 g/mol. The molecule has 0 bridgehead atoms. The summed E-state index contributed by atoms with van der Waals surface area (Å²) in [7, 11) is 2.01. The number of nitrogens with zero attached hydrogens (tertiary/aromatic N) is 2. The van der Waals surface area contributed by atoms with E-state index < -0.39 is 0 Å². The van der Waals surface area contributed by atoms with Gasteiger partial charge in [-0.2, -0.15) is 0 Å². The highest BCUT2D eigenvalue weighted by Crippen LogP contribution is 2.34. The fourth-order valence-corrected chi connectivity index (χ4v) is 2.22. The van der Waals surface area contributed by atoms with Gasteiger partial charge in [-0.3, -0.25) is 9.69 Å². The van der Waals surface area contributed by atoms with Gasteiger partial charge in [0.1, 0.15) is 0 Å². The molecule has 0 aromatic heterocycles. The largest absolute Gasteiger partial charge is 0.342 e. The average molecular weight is 264 g/mol. The first kappa shape index (κ1) is 16.7. The Bertz CT molecular complexity index is 230. The Labute approximate surface area is 111 Å². The van der Waals surface area contributed by atoms with E-state index in [4.69, 9.17) is 5.73 Å². The molecule has 4 nitrogen and oxygen atoms in total. The third-order valence-corrected chi connectivity index (χ3v) is 3.47. The van der Waals surface area contributed by atoms with Crippen molar-refractivity contribution in [2.24, 2.45) is 11.7 Å². The minimum absolute atomic E-state index is 0. The fraction of sp³-hybridized carbons (Fsp3) is 0.917. The van der Waals surface area contributed by atoms with Crippen molar-refractivity contribution < 1.29 is 4.79 Å². The summed E-state index contributed by atoms with van der Waals surface area (Å²) in [6.07, 6.45) is 2.54. The quantitative estimate of drug-likeness (QED) is 0.744. The van der Waals surface area contributed by atoms with Crippen molar-refractivity contribution in [3.05, 3.63) is 0 Å². The van der Waals surface area contributed by atoms with Crippen LogP contribution in [0.25, 0.3) is 0 Å². The first-order valence-electron chi connectivity index (χ1n) is 6.32. The summed E-state index contributed by atoms with van der Waals surface area (Å²) in [6.45, 7) is 6.78. The van der Waals surface area contributed by atoms with Crippen LogP contribution in [0.15, 0.2) is 0 Å². The van der Waals surface area contributed by atoms with Gasteiger partial charge in [-0.1, -0.05) is 0 Å². The monoisotopic (exact) mass is 263 g/mol. The number of carbonyl (C=O) groups is 1. The maximum Gasteiger partial charge on any atom is 0.236 e.